The van der Waals surface area contributed by atoms with Gasteiger partial charge in [-0.1, -0.05) is 37.9 Å². The van der Waals surface area contributed by atoms with Crippen molar-refractivity contribution in [1.82, 2.24) is 5.32 Å². The number of aromatic hydroxyl groups is 1. The monoisotopic (exact) mass is 267 g/mol. The van der Waals surface area contributed by atoms with E-state index in [1.807, 2.05) is 6.07 Å². The molecule has 100 valence electrons. The van der Waals surface area contributed by atoms with Crippen molar-refractivity contribution in [1.29, 1.82) is 0 Å². The summed E-state index contributed by atoms with van der Waals surface area (Å²) in [7, 11) is 0. The molecule has 2 rings (SSSR count). The molecule has 1 aromatic rings. The van der Waals surface area contributed by atoms with Crippen LogP contribution in [0.5, 0.6) is 5.75 Å². The zero-order chi connectivity index (χ0) is 13.2. The molecule has 1 aromatic carbocycles. The number of phenols is 1. The molecule has 1 aliphatic carbocycles. The second-order valence-electron chi connectivity index (χ2n) is 6.08. The molecule has 2 nitrogen and oxygen atoms in total. The predicted octanol–water partition coefficient (Wildman–Crippen LogP) is 4.10. The molecule has 0 radical (unpaired) electrons. The number of halogens is 1. The molecule has 0 bridgehead atoms. The van der Waals surface area contributed by atoms with Crippen LogP contribution >= 0.6 is 11.6 Å². The van der Waals surface area contributed by atoms with Gasteiger partial charge in [0.05, 0.1) is 0 Å². The Labute approximate surface area is 114 Å². The molecular weight excluding hydrogens is 246 g/mol. The number of rotatable bonds is 3. The summed E-state index contributed by atoms with van der Waals surface area (Å²) < 4.78 is 0. The summed E-state index contributed by atoms with van der Waals surface area (Å²) in [6, 6.07) is 5.81. The molecule has 0 spiro atoms. The van der Waals surface area contributed by atoms with Crippen LogP contribution in [0.2, 0.25) is 5.02 Å². The standard InChI is InChI=1S/C15H22ClNO/c1-15(2)8-4-5-11(9-15)17-10-12-13(16)6-3-7-14(12)18/h3,6-7,11,17-18H,4-5,8-10H2,1-2H3. The van der Waals surface area contributed by atoms with Crippen molar-refractivity contribution in [2.75, 3.05) is 0 Å². The number of benzene rings is 1. The van der Waals surface area contributed by atoms with Crippen molar-refractivity contribution in [2.24, 2.45) is 5.41 Å². The smallest absolute Gasteiger partial charge is 0.121 e. The summed E-state index contributed by atoms with van der Waals surface area (Å²) in [4.78, 5) is 0. The maximum Gasteiger partial charge on any atom is 0.121 e. The average Bonchev–Trinajstić information content (AvgIpc) is 2.27. The number of nitrogens with one attached hydrogen (secondary N) is 1. The molecule has 18 heavy (non-hydrogen) atoms. The average molecular weight is 268 g/mol. The lowest BCUT2D eigenvalue weighted by molar-refractivity contribution is 0.197. The summed E-state index contributed by atoms with van der Waals surface area (Å²) >= 11 is 6.10. The van der Waals surface area contributed by atoms with E-state index in [0.29, 0.717) is 23.0 Å². The number of hydrogen-bond acceptors (Lipinski definition) is 2. The van der Waals surface area contributed by atoms with Crippen molar-refractivity contribution < 1.29 is 5.11 Å². The molecular formula is C15H22ClNO. The van der Waals surface area contributed by atoms with Gasteiger partial charge in [-0.15, -0.1) is 0 Å². The van der Waals surface area contributed by atoms with Gasteiger partial charge >= 0.3 is 0 Å². The molecule has 2 N–H and O–H groups in total. The van der Waals surface area contributed by atoms with Crippen LogP contribution in [0.4, 0.5) is 0 Å². The normalized spacial score (nSPS) is 22.9. The lowest BCUT2D eigenvalue weighted by Gasteiger charge is -2.35. The van der Waals surface area contributed by atoms with Gasteiger partial charge in [-0.25, -0.2) is 0 Å². The van der Waals surface area contributed by atoms with E-state index in [4.69, 9.17) is 11.6 Å². The van der Waals surface area contributed by atoms with Gasteiger partial charge in [-0.3, -0.25) is 0 Å². The van der Waals surface area contributed by atoms with Gasteiger partial charge in [0.1, 0.15) is 5.75 Å². The first-order chi connectivity index (χ1) is 8.48. The van der Waals surface area contributed by atoms with Crippen LogP contribution in [-0.2, 0) is 6.54 Å². The molecule has 1 fully saturated rings. The highest BCUT2D eigenvalue weighted by Crippen LogP contribution is 2.35. The van der Waals surface area contributed by atoms with E-state index in [9.17, 15) is 5.11 Å². The summed E-state index contributed by atoms with van der Waals surface area (Å²) in [6.07, 6.45) is 4.99. The fourth-order valence-electron chi connectivity index (χ4n) is 2.84. The molecule has 1 aliphatic rings. The zero-order valence-electron chi connectivity index (χ0n) is 11.2. The van der Waals surface area contributed by atoms with Crippen LogP contribution in [-0.4, -0.2) is 11.1 Å². The van der Waals surface area contributed by atoms with Crippen molar-refractivity contribution in [3.63, 3.8) is 0 Å². The minimum Gasteiger partial charge on any atom is -0.508 e. The molecule has 1 unspecified atom stereocenters. The van der Waals surface area contributed by atoms with E-state index < -0.39 is 0 Å². The SMILES string of the molecule is CC1(C)CCCC(NCc2c(O)cccc2Cl)C1. The van der Waals surface area contributed by atoms with Gasteiger partial charge in [0.2, 0.25) is 0 Å². The van der Waals surface area contributed by atoms with Gasteiger partial charge in [0.25, 0.3) is 0 Å². The van der Waals surface area contributed by atoms with Crippen molar-refractivity contribution in [2.45, 2.75) is 52.1 Å². The van der Waals surface area contributed by atoms with Gasteiger partial charge in [-0.2, -0.15) is 0 Å². The van der Waals surface area contributed by atoms with Crippen molar-refractivity contribution in [3.05, 3.63) is 28.8 Å². The Morgan fingerprint density at radius 2 is 2.22 bits per heavy atom. The molecule has 3 heteroatoms. The van der Waals surface area contributed by atoms with E-state index in [-0.39, 0.29) is 5.75 Å². The van der Waals surface area contributed by atoms with Gasteiger partial charge in [0.15, 0.2) is 0 Å². The quantitative estimate of drug-likeness (QED) is 0.864. The second kappa shape index (κ2) is 5.50. The largest absolute Gasteiger partial charge is 0.508 e. The summed E-state index contributed by atoms with van der Waals surface area (Å²) in [6.45, 7) is 5.30. The van der Waals surface area contributed by atoms with Gasteiger partial charge < -0.3 is 10.4 Å². The topological polar surface area (TPSA) is 32.3 Å². The summed E-state index contributed by atoms with van der Waals surface area (Å²) in [5, 5.41) is 14.0. The van der Waals surface area contributed by atoms with Crippen molar-refractivity contribution in [3.8, 4) is 5.75 Å². The first-order valence-electron chi connectivity index (χ1n) is 6.68. The summed E-state index contributed by atoms with van der Waals surface area (Å²) in [5.74, 6) is 0.282. The van der Waals surface area contributed by atoms with Crippen LogP contribution in [0.3, 0.4) is 0 Å². The van der Waals surface area contributed by atoms with Gasteiger partial charge in [0, 0.05) is 23.2 Å². The minimum absolute atomic E-state index is 0.282. The van der Waals surface area contributed by atoms with Crippen LogP contribution < -0.4 is 5.32 Å². The second-order valence-corrected chi connectivity index (χ2v) is 6.48. The highest BCUT2D eigenvalue weighted by Gasteiger charge is 2.27. The van der Waals surface area contributed by atoms with Gasteiger partial charge in [-0.05, 0) is 36.8 Å². The third kappa shape index (κ3) is 3.39. The van der Waals surface area contributed by atoms with Crippen LogP contribution in [0.1, 0.15) is 45.1 Å². The van der Waals surface area contributed by atoms with Crippen LogP contribution in [0.25, 0.3) is 0 Å². The maximum atomic E-state index is 9.80. The lowest BCUT2D eigenvalue weighted by atomic mass is 9.75. The molecule has 1 saturated carbocycles. The lowest BCUT2D eigenvalue weighted by Crippen LogP contribution is -2.36. The van der Waals surface area contributed by atoms with E-state index in [1.165, 1.54) is 25.7 Å². The number of hydrogen-bond donors (Lipinski definition) is 2. The molecule has 1 atom stereocenters. The Morgan fingerprint density at radius 3 is 2.89 bits per heavy atom. The zero-order valence-corrected chi connectivity index (χ0v) is 11.9. The third-order valence-electron chi connectivity index (χ3n) is 3.87. The highest BCUT2D eigenvalue weighted by atomic mass is 35.5. The Bertz CT molecular complexity index is 397. The molecule has 0 aliphatic heterocycles. The van der Waals surface area contributed by atoms with E-state index >= 15 is 0 Å². The molecule has 0 heterocycles. The Kier molecular flexibility index (Phi) is 4.18. The predicted molar refractivity (Wildman–Crippen MR) is 76.0 cm³/mol. The molecule has 0 saturated heterocycles. The molecule has 0 amide bonds. The van der Waals surface area contributed by atoms with Crippen molar-refractivity contribution >= 4 is 11.6 Å². The Hall–Kier alpha value is -0.730. The van der Waals surface area contributed by atoms with E-state index in [1.54, 1.807) is 12.1 Å². The highest BCUT2D eigenvalue weighted by molar-refractivity contribution is 6.31. The first-order valence-corrected chi connectivity index (χ1v) is 7.05. The Morgan fingerprint density at radius 1 is 1.44 bits per heavy atom. The van der Waals surface area contributed by atoms with Crippen LogP contribution in [0.15, 0.2) is 18.2 Å². The van der Waals surface area contributed by atoms with E-state index in [0.717, 1.165) is 5.56 Å². The van der Waals surface area contributed by atoms with Crippen LogP contribution in [0, 0.1) is 5.41 Å². The molecule has 0 aromatic heterocycles. The first kappa shape index (κ1) is 13.7. The Balaban J connectivity index is 1.95. The van der Waals surface area contributed by atoms with E-state index in [2.05, 4.69) is 19.2 Å². The number of phenolic OH excluding ortho intramolecular Hbond substituents is 1. The fraction of sp³-hybridized carbons (Fsp3) is 0.600. The summed E-state index contributed by atoms with van der Waals surface area (Å²) in [5.41, 5.74) is 1.24. The minimum atomic E-state index is 0.282. The third-order valence-corrected chi connectivity index (χ3v) is 4.22. The fourth-order valence-corrected chi connectivity index (χ4v) is 3.08. The maximum absolute atomic E-state index is 9.80.